The summed E-state index contributed by atoms with van der Waals surface area (Å²) in [6.45, 7) is 1.34. The molecule has 1 unspecified atom stereocenters. The maximum atomic E-state index is 11.3. The smallest absolute Gasteiger partial charge is 0.303 e. The monoisotopic (exact) mass is 327 g/mol. The largest absolute Gasteiger partial charge is 0.497 e. The zero-order valence-electron chi connectivity index (χ0n) is 13.3. The molecule has 0 N–H and O–H groups in total. The average molecular weight is 327 g/mol. The number of methoxy groups -OCH3 is 1. The number of hydrogen-bond donors (Lipinski definition) is 0. The first-order chi connectivity index (χ1) is 11.5. The van der Waals surface area contributed by atoms with Crippen LogP contribution in [0.15, 0.2) is 54.6 Å². The molecule has 0 bridgehead atoms. The fraction of sp³-hybridized carbons (Fsp3) is 0.167. The van der Waals surface area contributed by atoms with Gasteiger partial charge in [0.1, 0.15) is 11.9 Å². The maximum Gasteiger partial charge on any atom is 0.303 e. The highest BCUT2D eigenvalue weighted by Crippen LogP contribution is 2.23. The molecule has 0 aliphatic rings. The second kappa shape index (κ2) is 7.92. The molecule has 0 aromatic heterocycles. The van der Waals surface area contributed by atoms with E-state index in [1.807, 2.05) is 12.1 Å². The molecule has 0 radical (unpaired) electrons. The lowest BCUT2D eigenvalue weighted by Gasteiger charge is -2.14. The first kappa shape index (κ1) is 17.2. The van der Waals surface area contributed by atoms with Gasteiger partial charge in [-0.3, -0.25) is 14.9 Å². The first-order valence-corrected chi connectivity index (χ1v) is 7.23. The molecule has 24 heavy (non-hydrogen) atoms. The van der Waals surface area contributed by atoms with E-state index >= 15 is 0 Å². The number of nitro benzene ring substituents is 1. The molecule has 1 atom stereocenters. The Morgan fingerprint density at radius 2 is 1.75 bits per heavy atom. The van der Waals surface area contributed by atoms with Crippen LogP contribution in [0, 0.1) is 10.1 Å². The van der Waals surface area contributed by atoms with E-state index in [4.69, 9.17) is 9.47 Å². The summed E-state index contributed by atoms with van der Waals surface area (Å²) < 4.78 is 10.4. The van der Waals surface area contributed by atoms with E-state index in [1.54, 1.807) is 43.5 Å². The van der Waals surface area contributed by atoms with E-state index in [2.05, 4.69) is 0 Å². The van der Waals surface area contributed by atoms with Gasteiger partial charge >= 0.3 is 5.97 Å². The van der Waals surface area contributed by atoms with Crippen LogP contribution >= 0.6 is 0 Å². The summed E-state index contributed by atoms with van der Waals surface area (Å²) in [4.78, 5) is 21.5. The van der Waals surface area contributed by atoms with Crippen molar-refractivity contribution in [1.82, 2.24) is 0 Å². The van der Waals surface area contributed by atoms with E-state index in [0.717, 1.165) is 11.1 Å². The molecule has 0 aliphatic heterocycles. The second-order valence-corrected chi connectivity index (χ2v) is 5.01. The van der Waals surface area contributed by atoms with Crippen molar-refractivity contribution in [2.45, 2.75) is 13.0 Å². The third-order valence-corrected chi connectivity index (χ3v) is 3.30. The number of carbonyl (C=O) groups excluding carboxylic acids is 1. The molecular formula is C18H17NO5. The van der Waals surface area contributed by atoms with E-state index in [0.29, 0.717) is 5.75 Å². The first-order valence-electron chi connectivity index (χ1n) is 7.23. The fourth-order valence-electron chi connectivity index (χ4n) is 2.10. The van der Waals surface area contributed by atoms with Crippen molar-refractivity contribution < 1.29 is 19.2 Å². The van der Waals surface area contributed by atoms with E-state index in [9.17, 15) is 14.9 Å². The van der Waals surface area contributed by atoms with Crippen LogP contribution in [0.2, 0.25) is 0 Å². The molecule has 6 nitrogen and oxygen atoms in total. The minimum Gasteiger partial charge on any atom is -0.497 e. The van der Waals surface area contributed by atoms with Gasteiger partial charge in [-0.15, -0.1) is 0 Å². The Bertz CT molecular complexity index is 735. The van der Waals surface area contributed by atoms with Crippen LogP contribution in [-0.4, -0.2) is 18.0 Å². The van der Waals surface area contributed by atoms with Gasteiger partial charge in [0.05, 0.1) is 12.0 Å². The predicted octanol–water partition coefficient (Wildman–Crippen LogP) is 3.92. The summed E-state index contributed by atoms with van der Waals surface area (Å²) in [7, 11) is 1.58. The number of nitro groups is 1. The summed E-state index contributed by atoms with van der Waals surface area (Å²) in [5.74, 6) is 0.309. The van der Waals surface area contributed by atoms with Crippen molar-refractivity contribution in [2.24, 2.45) is 0 Å². The van der Waals surface area contributed by atoms with Crippen LogP contribution < -0.4 is 4.74 Å². The SMILES string of the molecule is COc1ccc(C(/C=C/c2ccc([N+](=O)[O-])cc2)OC(C)=O)cc1. The topological polar surface area (TPSA) is 78.7 Å². The lowest BCUT2D eigenvalue weighted by atomic mass is 10.1. The Hall–Kier alpha value is -3.15. The number of esters is 1. The van der Waals surface area contributed by atoms with Crippen LogP contribution in [0.25, 0.3) is 6.08 Å². The lowest BCUT2D eigenvalue weighted by molar-refractivity contribution is -0.384. The van der Waals surface area contributed by atoms with Crippen molar-refractivity contribution in [3.05, 3.63) is 75.8 Å². The number of hydrogen-bond acceptors (Lipinski definition) is 5. The molecule has 6 heteroatoms. The van der Waals surface area contributed by atoms with Crippen LogP contribution in [0.5, 0.6) is 5.75 Å². The zero-order chi connectivity index (χ0) is 17.5. The molecule has 2 aromatic rings. The Balaban J connectivity index is 2.20. The minimum atomic E-state index is -0.552. The van der Waals surface area contributed by atoms with Gasteiger partial charge in [0, 0.05) is 19.1 Å². The number of non-ortho nitro benzene ring substituents is 1. The highest BCUT2D eigenvalue weighted by Gasteiger charge is 2.11. The Kier molecular flexibility index (Phi) is 5.68. The molecule has 2 aromatic carbocycles. The van der Waals surface area contributed by atoms with Crippen molar-refractivity contribution >= 4 is 17.7 Å². The third kappa shape index (κ3) is 4.67. The molecule has 0 aliphatic carbocycles. The van der Waals surface area contributed by atoms with E-state index in [1.165, 1.54) is 19.1 Å². The molecule has 0 amide bonds. The number of nitrogens with zero attached hydrogens (tertiary/aromatic N) is 1. The van der Waals surface area contributed by atoms with Gasteiger partial charge in [0.15, 0.2) is 0 Å². The van der Waals surface area contributed by atoms with Gasteiger partial charge < -0.3 is 9.47 Å². The predicted molar refractivity (Wildman–Crippen MR) is 89.6 cm³/mol. The molecule has 0 spiro atoms. The molecule has 0 saturated heterocycles. The molecule has 0 saturated carbocycles. The number of rotatable bonds is 6. The van der Waals surface area contributed by atoms with Crippen molar-refractivity contribution in [3.63, 3.8) is 0 Å². The lowest BCUT2D eigenvalue weighted by Crippen LogP contribution is -2.06. The number of ether oxygens (including phenoxy) is 2. The molecule has 0 fully saturated rings. The van der Waals surface area contributed by atoms with E-state index in [-0.39, 0.29) is 5.69 Å². The number of benzene rings is 2. The molecular weight excluding hydrogens is 310 g/mol. The highest BCUT2D eigenvalue weighted by molar-refractivity contribution is 5.67. The summed E-state index contributed by atoms with van der Waals surface area (Å²) in [5.41, 5.74) is 1.59. The van der Waals surface area contributed by atoms with Gasteiger partial charge in [-0.05, 0) is 41.5 Å². The quantitative estimate of drug-likeness (QED) is 0.456. The van der Waals surface area contributed by atoms with Crippen molar-refractivity contribution in [1.29, 1.82) is 0 Å². The average Bonchev–Trinajstić information content (AvgIpc) is 2.58. The fourth-order valence-corrected chi connectivity index (χ4v) is 2.10. The Morgan fingerprint density at radius 1 is 1.12 bits per heavy atom. The van der Waals surface area contributed by atoms with Gasteiger partial charge in [0.2, 0.25) is 0 Å². The maximum absolute atomic E-state index is 11.3. The van der Waals surface area contributed by atoms with Gasteiger partial charge in [0.25, 0.3) is 5.69 Å². The molecule has 2 rings (SSSR count). The summed E-state index contributed by atoms with van der Waals surface area (Å²) >= 11 is 0. The number of carbonyl (C=O) groups is 1. The second-order valence-electron chi connectivity index (χ2n) is 5.01. The zero-order valence-corrected chi connectivity index (χ0v) is 13.3. The van der Waals surface area contributed by atoms with Crippen LogP contribution in [0.4, 0.5) is 5.69 Å². The van der Waals surface area contributed by atoms with Crippen LogP contribution in [-0.2, 0) is 9.53 Å². The van der Waals surface area contributed by atoms with Gasteiger partial charge in [-0.2, -0.15) is 0 Å². The molecule has 0 heterocycles. The minimum absolute atomic E-state index is 0.0267. The van der Waals surface area contributed by atoms with Gasteiger partial charge in [-0.25, -0.2) is 0 Å². The van der Waals surface area contributed by atoms with Crippen LogP contribution in [0.3, 0.4) is 0 Å². The third-order valence-electron chi connectivity index (χ3n) is 3.30. The van der Waals surface area contributed by atoms with Crippen molar-refractivity contribution in [3.8, 4) is 5.75 Å². The molecule has 124 valence electrons. The normalized spacial score (nSPS) is 11.9. The summed E-state index contributed by atoms with van der Waals surface area (Å²) in [6.07, 6.45) is 2.93. The van der Waals surface area contributed by atoms with Gasteiger partial charge in [-0.1, -0.05) is 18.2 Å². The van der Waals surface area contributed by atoms with Crippen molar-refractivity contribution in [2.75, 3.05) is 7.11 Å². The standard InChI is InChI=1S/C18H17NO5/c1-13(20)24-18(15-6-10-17(23-2)11-7-15)12-5-14-3-8-16(9-4-14)19(21)22/h3-12,18H,1-2H3/b12-5+. The highest BCUT2D eigenvalue weighted by atomic mass is 16.6. The Labute approximate surface area is 139 Å². The summed E-state index contributed by atoms with van der Waals surface area (Å²) in [5, 5.41) is 10.7. The van der Waals surface area contributed by atoms with Crippen LogP contribution in [0.1, 0.15) is 24.2 Å². The Morgan fingerprint density at radius 3 is 2.25 bits per heavy atom. The summed E-state index contributed by atoms with van der Waals surface area (Å²) in [6, 6.07) is 13.3. The van der Waals surface area contributed by atoms with E-state index < -0.39 is 17.0 Å².